The van der Waals surface area contributed by atoms with Crippen molar-refractivity contribution in [3.8, 4) is 0 Å². The average Bonchev–Trinajstić information content (AvgIpc) is 2.64. The van der Waals surface area contributed by atoms with E-state index in [1.807, 2.05) is 0 Å². The number of hydrogen-bond donors (Lipinski definition) is 1. The molecule has 0 aliphatic rings. The minimum Gasteiger partial charge on any atom is -0.465 e. The normalized spacial score (nSPS) is 12.7. The first-order valence-electron chi connectivity index (χ1n) is 7.76. The second kappa shape index (κ2) is 7.28. The molecule has 0 unspecified atom stereocenters. The van der Waals surface area contributed by atoms with Crippen LogP contribution >= 0.6 is 0 Å². The minimum absolute atomic E-state index is 0.136. The summed E-state index contributed by atoms with van der Waals surface area (Å²) in [5.74, 6) is 2.81. The maximum atomic E-state index is 5.91. The topological polar surface area (TPSA) is 28.4 Å². The number of furan rings is 1. The Morgan fingerprint density at radius 1 is 1.30 bits per heavy atom. The summed E-state index contributed by atoms with van der Waals surface area (Å²) in [6, 6.07) is 2.21. The standard InChI is InChI=1S/C17H32N2O/c1-8-19(11-13(2)3)12-16-9-15(14(4)20-16)10-18-17(5,6)7/h9,13,18H,8,10-12H2,1-7H3. The molecule has 0 saturated heterocycles. The average molecular weight is 280 g/mol. The van der Waals surface area contributed by atoms with Crippen molar-refractivity contribution in [3.05, 3.63) is 23.2 Å². The van der Waals surface area contributed by atoms with Gasteiger partial charge in [-0.25, -0.2) is 0 Å². The molecule has 1 aromatic heterocycles. The highest BCUT2D eigenvalue weighted by Gasteiger charge is 2.14. The van der Waals surface area contributed by atoms with Crippen molar-refractivity contribution in [1.82, 2.24) is 10.2 Å². The van der Waals surface area contributed by atoms with Crippen LogP contribution in [0.25, 0.3) is 0 Å². The molecule has 1 rings (SSSR count). The summed E-state index contributed by atoms with van der Waals surface area (Å²) in [5.41, 5.74) is 1.41. The summed E-state index contributed by atoms with van der Waals surface area (Å²) < 4.78 is 5.91. The first-order chi connectivity index (χ1) is 9.21. The molecule has 1 aromatic rings. The van der Waals surface area contributed by atoms with E-state index in [0.29, 0.717) is 5.92 Å². The van der Waals surface area contributed by atoms with Crippen LogP contribution in [-0.2, 0) is 13.1 Å². The summed E-state index contributed by atoms with van der Waals surface area (Å²) in [6.07, 6.45) is 0. The Hall–Kier alpha value is -0.800. The number of hydrogen-bond acceptors (Lipinski definition) is 3. The molecule has 3 heteroatoms. The van der Waals surface area contributed by atoms with Gasteiger partial charge >= 0.3 is 0 Å². The zero-order valence-corrected chi connectivity index (χ0v) is 14.3. The summed E-state index contributed by atoms with van der Waals surface area (Å²) in [4.78, 5) is 2.43. The second-order valence-corrected chi connectivity index (χ2v) is 7.12. The molecule has 0 aliphatic carbocycles. The first kappa shape index (κ1) is 17.3. The Labute approximate surface area is 124 Å². The highest BCUT2D eigenvalue weighted by Crippen LogP contribution is 2.17. The molecule has 20 heavy (non-hydrogen) atoms. The number of nitrogens with one attached hydrogen (secondary N) is 1. The molecular formula is C17H32N2O. The van der Waals surface area contributed by atoms with Crippen molar-refractivity contribution in [1.29, 1.82) is 0 Å². The number of rotatable bonds is 7. The lowest BCUT2D eigenvalue weighted by Crippen LogP contribution is -2.35. The van der Waals surface area contributed by atoms with Crippen LogP contribution in [0.2, 0.25) is 0 Å². The molecule has 0 amide bonds. The van der Waals surface area contributed by atoms with Crippen molar-refractivity contribution in [2.24, 2.45) is 5.92 Å². The van der Waals surface area contributed by atoms with E-state index in [4.69, 9.17) is 4.42 Å². The highest BCUT2D eigenvalue weighted by atomic mass is 16.3. The predicted octanol–water partition coefficient (Wildman–Crippen LogP) is 3.95. The van der Waals surface area contributed by atoms with Gasteiger partial charge in [0.1, 0.15) is 11.5 Å². The zero-order valence-electron chi connectivity index (χ0n) is 14.3. The van der Waals surface area contributed by atoms with E-state index in [1.54, 1.807) is 0 Å². The van der Waals surface area contributed by atoms with Crippen LogP contribution in [0.4, 0.5) is 0 Å². The Bertz CT molecular complexity index is 402. The Balaban J connectivity index is 2.64. The smallest absolute Gasteiger partial charge is 0.118 e. The summed E-state index contributed by atoms with van der Waals surface area (Å²) in [7, 11) is 0. The minimum atomic E-state index is 0.136. The first-order valence-corrected chi connectivity index (χ1v) is 7.76. The molecule has 0 aromatic carbocycles. The summed E-state index contributed by atoms with van der Waals surface area (Å²) in [6.45, 7) is 19.3. The Morgan fingerprint density at radius 2 is 1.95 bits per heavy atom. The van der Waals surface area contributed by atoms with E-state index in [-0.39, 0.29) is 5.54 Å². The zero-order chi connectivity index (χ0) is 15.3. The monoisotopic (exact) mass is 280 g/mol. The lowest BCUT2D eigenvalue weighted by Gasteiger charge is -2.21. The maximum Gasteiger partial charge on any atom is 0.118 e. The molecule has 1 N–H and O–H groups in total. The van der Waals surface area contributed by atoms with Crippen LogP contribution in [0.3, 0.4) is 0 Å². The predicted molar refractivity (Wildman–Crippen MR) is 85.8 cm³/mol. The third-order valence-electron chi connectivity index (χ3n) is 3.33. The molecule has 0 bridgehead atoms. The summed E-state index contributed by atoms with van der Waals surface area (Å²) in [5, 5.41) is 3.52. The fourth-order valence-electron chi connectivity index (χ4n) is 2.24. The van der Waals surface area contributed by atoms with Crippen molar-refractivity contribution < 1.29 is 4.42 Å². The van der Waals surface area contributed by atoms with Gasteiger partial charge in [0.15, 0.2) is 0 Å². The van der Waals surface area contributed by atoms with Gasteiger partial charge in [-0.15, -0.1) is 0 Å². The third kappa shape index (κ3) is 6.10. The quantitative estimate of drug-likeness (QED) is 0.819. The molecule has 0 spiro atoms. The van der Waals surface area contributed by atoms with Crippen molar-refractivity contribution in [2.45, 2.75) is 67.1 Å². The van der Waals surface area contributed by atoms with E-state index in [9.17, 15) is 0 Å². The van der Waals surface area contributed by atoms with Crippen LogP contribution in [0.15, 0.2) is 10.5 Å². The van der Waals surface area contributed by atoms with Gasteiger partial charge in [-0.1, -0.05) is 20.8 Å². The fourth-order valence-corrected chi connectivity index (χ4v) is 2.24. The van der Waals surface area contributed by atoms with Crippen LogP contribution in [0.1, 0.15) is 58.6 Å². The number of nitrogens with zero attached hydrogens (tertiary/aromatic N) is 1. The van der Waals surface area contributed by atoms with Gasteiger partial charge in [0.25, 0.3) is 0 Å². The third-order valence-corrected chi connectivity index (χ3v) is 3.33. The second-order valence-electron chi connectivity index (χ2n) is 7.12. The van der Waals surface area contributed by atoms with Crippen LogP contribution in [0, 0.1) is 12.8 Å². The van der Waals surface area contributed by atoms with Gasteiger partial charge in [0, 0.05) is 24.2 Å². The molecule has 0 atom stereocenters. The highest BCUT2D eigenvalue weighted by molar-refractivity contribution is 5.21. The molecule has 0 saturated carbocycles. The van der Waals surface area contributed by atoms with Crippen molar-refractivity contribution >= 4 is 0 Å². The van der Waals surface area contributed by atoms with E-state index in [0.717, 1.165) is 37.7 Å². The Morgan fingerprint density at radius 3 is 2.45 bits per heavy atom. The van der Waals surface area contributed by atoms with E-state index in [1.165, 1.54) is 5.56 Å². The van der Waals surface area contributed by atoms with Crippen LogP contribution in [0.5, 0.6) is 0 Å². The maximum absolute atomic E-state index is 5.91. The molecule has 0 fully saturated rings. The molecule has 3 nitrogen and oxygen atoms in total. The van der Waals surface area contributed by atoms with Crippen molar-refractivity contribution in [2.75, 3.05) is 13.1 Å². The van der Waals surface area contributed by atoms with Gasteiger partial charge in [0.05, 0.1) is 6.54 Å². The van der Waals surface area contributed by atoms with E-state index >= 15 is 0 Å². The Kier molecular flexibility index (Phi) is 6.28. The summed E-state index contributed by atoms with van der Waals surface area (Å²) >= 11 is 0. The van der Waals surface area contributed by atoms with Gasteiger partial charge in [-0.3, -0.25) is 4.90 Å². The SMILES string of the molecule is CCN(Cc1cc(CNC(C)(C)C)c(C)o1)CC(C)C. The molecule has 0 aliphatic heterocycles. The molecule has 0 radical (unpaired) electrons. The van der Waals surface area contributed by atoms with Crippen LogP contribution < -0.4 is 5.32 Å². The van der Waals surface area contributed by atoms with Crippen molar-refractivity contribution in [3.63, 3.8) is 0 Å². The molecule has 1 heterocycles. The molecule has 116 valence electrons. The molecular weight excluding hydrogens is 248 g/mol. The number of aryl methyl sites for hydroxylation is 1. The van der Waals surface area contributed by atoms with E-state index < -0.39 is 0 Å². The van der Waals surface area contributed by atoms with Gasteiger partial charge in [-0.05, 0) is 46.2 Å². The fraction of sp³-hybridized carbons (Fsp3) is 0.765. The largest absolute Gasteiger partial charge is 0.465 e. The van der Waals surface area contributed by atoms with E-state index in [2.05, 4.69) is 64.7 Å². The lowest BCUT2D eigenvalue weighted by molar-refractivity contribution is 0.228. The van der Waals surface area contributed by atoms with Gasteiger partial charge in [-0.2, -0.15) is 0 Å². The van der Waals surface area contributed by atoms with Crippen LogP contribution in [-0.4, -0.2) is 23.5 Å². The van der Waals surface area contributed by atoms with Gasteiger partial charge < -0.3 is 9.73 Å². The lowest BCUT2D eigenvalue weighted by atomic mass is 10.1. The van der Waals surface area contributed by atoms with Gasteiger partial charge in [0.2, 0.25) is 0 Å².